The molecule has 0 saturated carbocycles. The highest BCUT2D eigenvalue weighted by molar-refractivity contribution is 6.32. The number of hydrogen-bond acceptors (Lipinski definition) is 10. The number of halogens is 4. The smallest absolute Gasteiger partial charge is 0.355 e. The van der Waals surface area contributed by atoms with Gasteiger partial charge in [0.15, 0.2) is 11.6 Å². The standard InChI is InChI=1S/C61H50Cl4N4O8/c1-5-76-56(72)49-51(54(71)37-19-23-39(63)24-20-37)61(43-30-41(65)26-28-45(43)68(59(61)75)33-35-15-11-8-12-16-35)55-48-46(66(3)4)31-47(69(55)52(49)57(73)77-6-2)60(50(48)53(70)36-17-21-38(62)22-18-36)42-29-40(64)25-27-44(42)67(58(60)74)32-34-13-9-7-10-14-34/h7-31,47-48,50-51,55H,5-6,32-33H2,1-4H3/t47-,48+,50+,51-,55-,60-,61+/m0/s1. The highest BCUT2D eigenvalue weighted by atomic mass is 35.5. The van der Waals surface area contributed by atoms with Crippen molar-refractivity contribution < 1.29 is 38.2 Å². The van der Waals surface area contributed by atoms with Gasteiger partial charge in [-0.1, -0.05) is 107 Å². The number of Topliss-reactive ketones (excluding diaryl/α,β-unsaturated/α-hetero) is 2. The molecule has 0 unspecified atom stereocenters. The molecule has 2 spiro atoms. The third-order valence-corrected chi connectivity index (χ3v) is 16.9. The van der Waals surface area contributed by atoms with Gasteiger partial charge >= 0.3 is 11.9 Å². The molecule has 1 aliphatic carbocycles. The molecule has 77 heavy (non-hydrogen) atoms. The molecule has 5 aliphatic heterocycles. The van der Waals surface area contributed by atoms with Crippen LogP contribution >= 0.6 is 46.4 Å². The molecule has 1 fully saturated rings. The van der Waals surface area contributed by atoms with Crippen molar-refractivity contribution >= 4 is 93.1 Å². The Morgan fingerprint density at radius 2 is 1.03 bits per heavy atom. The normalized spacial score (nSPS) is 23.7. The summed E-state index contributed by atoms with van der Waals surface area (Å²) < 4.78 is 11.9. The molecule has 16 heteroatoms. The Hall–Kier alpha value is -7.22. The summed E-state index contributed by atoms with van der Waals surface area (Å²) in [6, 6.07) is 38.3. The first-order valence-corrected chi connectivity index (χ1v) is 26.8. The minimum absolute atomic E-state index is 0.00579. The lowest BCUT2D eigenvalue weighted by atomic mass is 9.44. The molecular formula is C61H50Cl4N4O8. The van der Waals surface area contributed by atoms with Crippen LogP contribution in [0.5, 0.6) is 0 Å². The van der Waals surface area contributed by atoms with Gasteiger partial charge in [-0.05, 0) is 127 Å². The number of anilines is 2. The number of rotatable bonds is 13. The number of benzene rings is 6. The van der Waals surface area contributed by atoms with E-state index in [0.717, 1.165) is 11.1 Å². The van der Waals surface area contributed by atoms with E-state index in [-0.39, 0.29) is 53.0 Å². The number of esters is 2. The Labute approximate surface area is 465 Å². The van der Waals surface area contributed by atoms with E-state index in [2.05, 4.69) is 0 Å². The summed E-state index contributed by atoms with van der Waals surface area (Å²) in [6.45, 7) is 2.87. The van der Waals surface area contributed by atoms with Crippen molar-refractivity contribution in [2.75, 3.05) is 37.1 Å². The summed E-state index contributed by atoms with van der Waals surface area (Å²) in [5, 5.41) is 1.12. The minimum Gasteiger partial charge on any atom is -0.463 e. The van der Waals surface area contributed by atoms with Gasteiger partial charge in [-0.2, -0.15) is 0 Å². The van der Waals surface area contributed by atoms with Crippen LogP contribution < -0.4 is 9.80 Å². The van der Waals surface area contributed by atoms with E-state index in [9.17, 15) is 0 Å². The minimum atomic E-state index is -2.26. The van der Waals surface area contributed by atoms with Gasteiger partial charge in [0, 0.05) is 68.3 Å². The van der Waals surface area contributed by atoms with E-state index >= 15 is 28.8 Å². The second kappa shape index (κ2) is 20.0. The summed E-state index contributed by atoms with van der Waals surface area (Å²) in [4.78, 5) is 105. The molecule has 5 heterocycles. The molecular weight excluding hydrogens is 1060 g/mol. The molecule has 0 N–H and O–H groups in total. The first-order valence-electron chi connectivity index (χ1n) is 25.3. The number of fused-ring (bicyclic) bond motifs is 3. The van der Waals surface area contributed by atoms with E-state index in [0.29, 0.717) is 32.7 Å². The van der Waals surface area contributed by atoms with E-state index in [1.165, 1.54) is 24.3 Å². The lowest BCUT2D eigenvalue weighted by Crippen LogP contribution is -2.80. The number of piperidine rings is 1. The SMILES string of the molecule is CCOC(=O)C1=C(C(=O)OCC)N2[C@H]3C=C(N(C)C)[C@@H]([C@H]2[C@]2(C(=O)N(Cc4ccccc4)c4ccc(Cl)cc42)[C@@H]1C(=O)c1ccc(Cl)cc1)[C@H](C(=O)c1ccc(Cl)cc1)[C@@]31C(=O)N(Cc2ccccc2)c2ccc(Cl)cc21. The first-order chi connectivity index (χ1) is 37.1. The van der Waals surface area contributed by atoms with E-state index in [1.54, 1.807) is 103 Å². The molecule has 12 rings (SSSR count). The zero-order chi connectivity index (χ0) is 54.2. The highest BCUT2D eigenvalue weighted by Gasteiger charge is 2.80. The average molecular weight is 1110 g/mol. The van der Waals surface area contributed by atoms with Crippen molar-refractivity contribution in [3.8, 4) is 0 Å². The number of amides is 2. The third-order valence-electron chi connectivity index (χ3n) is 15.9. The van der Waals surface area contributed by atoms with Crippen molar-refractivity contribution in [2.24, 2.45) is 17.8 Å². The predicted molar refractivity (Wildman–Crippen MR) is 295 cm³/mol. The van der Waals surface area contributed by atoms with Gasteiger partial charge in [0.25, 0.3) is 0 Å². The number of carbonyl (C=O) groups is 6. The van der Waals surface area contributed by atoms with Crippen LogP contribution in [0.2, 0.25) is 20.1 Å². The predicted octanol–water partition coefficient (Wildman–Crippen LogP) is 11.1. The van der Waals surface area contributed by atoms with Gasteiger partial charge in [-0.15, -0.1) is 0 Å². The Kier molecular flexibility index (Phi) is 13.5. The maximum atomic E-state index is 17.2. The fourth-order valence-electron chi connectivity index (χ4n) is 13.1. The van der Waals surface area contributed by atoms with Crippen LogP contribution in [-0.4, -0.2) is 84.5 Å². The highest BCUT2D eigenvalue weighted by Crippen LogP contribution is 2.69. The molecule has 1 saturated heterocycles. The molecule has 0 aromatic heterocycles. The summed E-state index contributed by atoms with van der Waals surface area (Å²) in [5.74, 6) is -9.06. The van der Waals surface area contributed by atoms with Crippen LogP contribution in [0.1, 0.15) is 56.8 Å². The molecule has 12 nitrogen and oxygen atoms in total. The number of hydrogen-bond donors (Lipinski definition) is 0. The van der Waals surface area contributed by atoms with Gasteiger partial charge in [0.2, 0.25) is 11.8 Å². The molecule has 6 aromatic rings. The zero-order valence-electron chi connectivity index (χ0n) is 42.2. The van der Waals surface area contributed by atoms with Crippen LogP contribution in [0.3, 0.4) is 0 Å². The summed E-state index contributed by atoms with van der Waals surface area (Å²) >= 11 is 27.2. The molecule has 6 aliphatic rings. The summed E-state index contributed by atoms with van der Waals surface area (Å²) in [7, 11) is 3.61. The van der Waals surface area contributed by atoms with Crippen LogP contribution in [-0.2, 0) is 52.6 Å². The molecule has 2 amide bonds. The fraction of sp³-hybridized carbons (Fsp3) is 0.246. The van der Waals surface area contributed by atoms with Crippen molar-refractivity contribution in [1.29, 1.82) is 0 Å². The molecule has 7 atom stereocenters. The topological polar surface area (TPSA) is 134 Å². The molecule has 390 valence electrons. The van der Waals surface area contributed by atoms with E-state index < -0.39 is 87.3 Å². The van der Waals surface area contributed by atoms with Crippen molar-refractivity contribution in [2.45, 2.75) is 49.9 Å². The van der Waals surface area contributed by atoms with Gasteiger partial charge in [0.05, 0.1) is 55.8 Å². The second-order valence-corrected chi connectivity index (χ2v) is 21.7. The lowest BCUT2D eigenvalue weighted by molar-refractivity contribution is -0.156. The number of ether oxygens (including phenoxy) is 2. The Bertz CT molecular complexity index is 3500. The van der Waals surface area contributed by atoms with Crippen LogP contribution in [0.4, 0.5) is 11.4 Å². The maximum Gasteiger partial charge on any atom is 0.355 e. The molecule has 6 aromatic carbocycles. The Balaban J connectivity index is 1.33. The number of carbonyl (C=O) groups excluding carboxylic acids is 6. The number of ketones is 2. The largest absolute Gasteiger partial charge is 0.463 e. The van der Waals surface area contributed by atoms with Gasteiger partial charge in [-0.25, -0.2) is 9.59 Å². The third kappa shape index (κ3) is 7.92. The van der Waals surface area contributed by atoms with Crippen molar-refractivity contribution in [3.63, 3.8) is 0 Å². The van der Waals surface area contributed by atoms with Crippen LogP contribution in [0.15, 0.2) is 169 Å². The Morgan fingerprint density at radius 1 is 0.571 bits per heavy atom. The first kappa shape index (κ1) is 51.9. The molecule has 0 radical (unpaired) electrons. The number of nitrogens with zero attached hydrogens (tertiary/aromatic N) is 4. The average Bonchev–Trinajstić information content (AvgIpc) is 2.78. The fourth-order valence-corrected chi connectivity index (χ4v) is 13.7. The maximum absolute atomic E-state index is 17.2. The lowest BCUT2D eigenvalue weighted by Gasteiger charge is -2.67. The van der Waals surface area contributed by atoms with E-state index in [4.69, 9.17) is 55.9 Å². The van der Waals surface area contributed by atoms with Crippen molar-refractivity contribution in [3.05, 3.63) is 222 Å². The van der Waals surface area contributed by atoms with Crippen LogP contribution in [0.25, 0.3) is 0 Å². The molecule has 2 bridgehead atoms. The second-order valence-electron chi connectivity index (χ2n) is 20.0. The monoisotopic (exact) mass is 1110 g/mol. The van der Waals surface area contributed by atoms with Crippen molar-refractivity contribution in [1.82, 2.24) is 9.80 Å². The van der Waals surface area contributed by atoms with Gasteiger partial charge in [0.1, 0.15) is 16.5 Å². The van der Waals surface area contributed by atoms with Gasteiger partial charge < -0.3 is 29.1 Å². The van der Waals surface area contributed by atoms with Gasteiger partial charge in [-0.3, -0.25) is 19.2 Å². The quantitative estimate of drug-likeness (QED) is 0.0813. The Morgan fingerprint density at radius 3 is 1.52 bits per heavy atom. The van der Waals surface area contributed by atoms with E-state index in [1.807, 2.05) is 71.6 Å². The zero-order valence-corrected chi connectivity index (χ0v) is 45.2. The summed E-state index contributed by atoms with van der Waals surface area (Å²) in [6.07, 6.45) is 1.85. The van der Waals surface area contributed by atoms with Crippen LogP contribution in [0, 0.1) is 17.8 Å². The summed E-state index contributed by atoms with van der Waals surface area (Å²) in [5.41, 5.74) is -1.37.